The quantitative estimate of drug-likeness (QED) is 0.928. The monoisotopic (exact) mass is 296 g/mol. The van der Waals surface area contributed by atoms with Gasteiger partial charge in [-0.25, -0.2) is 0 Å². The maximum absolute atomic E-state index is 12.2. The first-order chi connectivity index (χ1) is 9.60. The van der Waals surface area contributed by atoms with E-state index in [1.807, 2.05) is 0 Å². The molecule has 1 aliphatic rings. The second-order valence-electron chi connectivity index (χ2n) is 5.33. The van der Waals surface area contributed by atoms with Gasteiger partial charge in [0.1, 0.15) is 5.75 Å². The Morgan fingerprint density at radius 2 is 2.35 bits per heavy atom. The third-order valence-corrected chi connectivity index (χ3v) is 3.92. The molecule has 0 spiro atoms. The smallest absolute Gasteiger partial charge is 0.255 e. The third-order valence-electron chi connectivity index (χ3n) is 3.68. The standard InChI is InChI=1S/C15H21ClN2O2/c1-18-7-3-4-11(10-18)9-17-15(19)13-6-5-12(16)8-14(13)20-2/h5-6,8,11H,3-4,7,9-10H2,1-2H3,(H,17,19). The molecule has 110 valence electrons. The zero-order valence-electron chi connectivity index (χ0n) is 12.0. The van der Waals surface area contributed by atoms with Gasteiger partial charge in [0, 0.05) is 18.1 Å². The molecular formula is C15H21ClN2O2. The van der Waals surface area contributed by atoms with Crippen LogP contribution in [-0.2, 0) is 0 Å². The molecule has 1 amide bonds. The number of piperidine rings is 1. The van der Waals surface area contributed by atoms with E-state index < -0.39 is 0 Å². The molecule has 1 atom stereocenters. The zero-order chi connectivity index (χ0) is 14.5. The number of rotatable bonds is 4. The van der Waals surface area contributed by atoms with Gasteiger partial charge in [0.25, 0.3) is 5.91 Å². The summed E-state index contributed by atoms with van der Waals surface area (Å²) in [5.74, 6) is 0.929. The van der Waals surface area contributed by atoms with E-state index in [1.165, 1.54) is 12.8 Å². The molecule has 1 unspecified atom stereocenters. The van der Waals surface area contributed by atoms with Gasteiger partial charge in [-0.1, -0.05) is 11.6 Å². The zero-order valence-corrected chi connectivity index (χ0v) is 12.7. The Labute approximate surface area is 125 Å². The Bertz CT molecular complexity index is 479. The number of ether oxygens (including phenoxy) is 1. The second kappa shape index (κ2) is 6.95. The van der Waals surface area contributed by atoms with Gasteiger partial charge in [0.15, 0.2) is 0 Å². The van der Waals surface area contributed by atoms with E-state index in [2.05, 4.69) is 17.3 Å². The molecule has 0 aliphatic carbocycles. The van der Waals surface area contributed by atoms with E-state index >= 15 is 0 Å². The number of likely N-dealkylation sites (tertiary alicyclic amines) is 1. The van der Waals surface area contributed by atoms with E-state index in [1.54, 1.807) is 25.3 Å². The minimum atomic E-state index is -0.105. The van der Waals surface area contributed by atoms with Gasteiger partial charge in [-0.3, -0.25) is 4.79 Å². The molecule has 20 heavy (non-hydrogen) atoms. The highest BCUT2D eigenvalue weighted by atomic mass is 35.5. The summed E-state index contributed by atoms with van der Waals surface area (Å²) in [4.78, 5) is 14.5. The molecule has 0 radical (unpaired) electrons. The molecule has 4 nitrogen and oxygen atoms in total. The average Bonchev–Trinajstić information content (AvgIpc) is 2.44. The normalized spacial score (nSPS) is 19.6. The number of nitrogens with one attached hydrogen (secondary N) is 1. The largest absolute Gasteiger partial charge is 0.496 e. The van der Waals surface area contributed by atoms with Crippen LogP contribution in [0.25, 0.3) is 0 Å². The number of methoxy groups -OCH3 is 1. The Morgan fingerprint density at radius 1 is 1.55 bits per heavy atom. The van der Waals surface area contributed by atoms with Gasteiger partial charge in [0.2, 0.25) is 0 Å². The van der Waals surface area contributed by atoms with Crippen LogP contribution in [0.5, 0.6) is 5.75 Å². The number of carbonyl (C=O) groups is 1. The average molecular weight is 297 g/mol. The van der Waals surface area contributed by atoms with Crippen LogP contribution in [0.15, 0.2) is 18.2 Å². The lowest BCUT2D eigenvalue weighted by Crippen LogP contribution is -2.39. The van der Waals surface area contributed by atoms with E-state index in [0.29, 0.717) is 28.8 Å². The van der Waals surface area contributed by atoms with Gasteiger partial charge in [0.05, 0.1) is 12.7 Å². The highest BCUT2D eigenvalue weighted by Crippen LogP contribution is 2.23. The Hall–Kier alpha value is -1.26. The van der Waals surface area contributed by atoms with Gasteiger partial charge in [-0.15, -0.1) is 0 Å². The van der Waals surface area contributed by atoms with Crippen LogP contribution in [0, 0.1) is 5.92 Å². The third kappa shape index (κ3) is 3.87. The first kappa shape index (κ1) is 15.1. The van der Waals surface area contributed by atoms with Gasteiger partial charge < -0.3 is 15.0 Å². The first-order valence-corrected chi connectivity index (χ1v) is 7.28. The number of amides is 1. The van der Waals surface area contributed by atoms with Crippen LogP contribution in [0.3, 0.4) is 0 Å². The van der Waals surface area contributed by atoms with E-state index in [0.717, 1.165) is 13.1 Å². The summed E-state index contributed by atoms with van der Waals surface area (Å²) in [5, 5.41) is 3.56. The summed E-state index contributed by atoms with van der Waals surface area (Å²) in [5.41, 5.74) is 0.529. The molecule has 1 fully saturated rings. The van der Waals surface area contributed by atoms with Gasteiger partial charge in [-0.05, 0) is 50.6 Å². The molecule has 1 aliphatic heterocycles. The van der Waals surface area contributed by atoms with Crippen molar-refractivity contribution in [2.45, 2.75) is 12.8 Å². The minimum Gasteiger partial charge on any atom is -0.496 e. The maximum atomic E-state index is 12.2. The highest BCUT2D eigenvalue weighted by molar-refractivity contribution is 6.30. The van der Waals surface area contributed by atoms with E-state index in [-0.39, 0.29) is 5.91 Å². The number of halogens is 1. The molecule has 1 aromatic carbocycles. The van der Waals surface area contributed by atoms with E-state index in [9.17, 15) is 4.79 Å². The molecule has 2 rings (SSSR count). The predicted molar refractivity (Wildman–Crippen MR) is 80.6 cm³/mol. The fraction of sp³-hybridized carbons (Fsp3) is 0.533. The summed E-state index contributed by atoms with van der Waals surface area (Å²) in [6.07, 6.45) is 2.36. The number of hydrogen-bond donors (Lipinski definition) is 1. The van der Waals surface area contributed by atoms with Crippen molar-refractivity contribution in [2.24, 2.45) is 5.92 Å². The lowest BCUT2D eigenvalue weighted by Gasteiger charge is -2.29. The lowest BCUT2D eigenvalue weighted by atomic mass is 9.98. The lowest BCUT2D eigenvalue weighted by molar-refractivity contribution is 0.0934. The van der Waals surface area contributed by atoms with Crippen molar-refractivity contribution in [1.82, 2.24) is 10.2 Å². The van der Waals surface area contributed by atoms with E-state index in [4.69, 9.17) is 16.3 Å². The van der Waals surface area contributed by atoms with Crippen molar-refractivity contribution < 1.29 is 9.53 Å². The molecule has 0 bridgehead atoms. The fourth-order valence-corrected chi connectivity index (χ4v) is 2.79. The van der Waals surface area contributed by atoms with Crippen LogP contribution < -0.4 is 10.1 Å². The maximum Gasteiger partial charge on any atom is 0.255 e. The summed E-state index contributed by atoms with van der Waals surface area (Å²) >= 11 is 5.90. The molecule has 1 aromatic rings. The number of hydrogen-bond acceptors (Lipinski definition) is 3. The van der Waals surface area contributed by atoms with Crippen molar-refractivity contribution in [3.63, 3.8) is 0 Å². The van der Waals surface area contributed by atoms with Crippen LogP contribution in [0.2, 0.25) is 5.02 Å². The van der Waals surface area contributed by atoms with Crippen LogP contribution in [-0.4, -0.2) is 44.6 Å². The van der Waals surface area contributed by atoms with Crippen molar-refractivity contribution in [2.75, 3.05) is 33.8 Å². The Kier molecular flexibility index (Phi) is 5.26. The van der Waals surface area contributed by atoms with Crippen LogP contribution >= 0.6 is 11.6 Å². The summed E-state index contributed by atoms with van der Waals surface area (Å²) in [6, 6.07) is 5.06. The molecule has 1 saturated heterocycles. The summed E-state index contributed by atoms with van der Waals surface area (Å²) in [7, 11) is 3.66. The van der Waals surface area contributed by atoms with Gasteiger partial charge >= 0.3 is 0 Å². The van der Waals surface area contributed by atoms with Crippen molar-refractivity contribution in [3.8, 4) is 5.75 Å². The highest BCUT2D eigenvalue weighted by Gasteiger charge is 2.19. The van der Waals surface area contributed by atoms with Crippen molar-refractivity contribution in [1.29, 1.82) is 0 Å². The number of benzene rings is 1. The summed E-state index contributed by atoms with van der Waals surface area (Å²) < 4.78 is 5.20. The van der Waals surface area contributed by atoms with Crippen LogP contribution in [0.1, 0.15) is 23.2 Å². The Balaban J connectivity index is 1.94. The van der Waals surface area contributed by atoms with Crippen molar-refractivity contribution >= 4 is 17.5 Å². The topological polar surface area (TPSA) is 41.6 Å². The molecule has 0 saturated carbocycles. The van der Waals surface area contributed by atoms with Crippen molar-refractivity contribution in [3.05, 3.63) is 28.8 Å². The predicted octanol–water partition coefficient (Wildman–Crippen LogP) is 2.42. The second-order valence-corrected chi connectivity index (χ2v) is 5.76. The minimum absolute atomic E-state index is 0.105. The molecule has 1 N–H and O–H groups in total. The SMILES string of the molecule is COc1cc(Cl)ccc1C(=O)NCC1CCCN(C)C1. The van der Waals surface area contributed by atoms with Crippen LogP contribution in [0.4, 0.5) is 0 Å². The molecule has 0 aromatic heterocycles. The molecule has 1 heterocycles. The molecular weight excluding hydrogens is 276 g/mol. The first-order valence-electron chi connectivity index (χ1n) is 6.90. The Morgan fingerprint density at radius 3 is 3.05 bits per heavy atom. The number of carbonyl (C=O) groups excluding carboxylic acids is 1. The fourth-order valence-electron chi connectivity index (χ4n) is 2.62. The molecule has 5 heteroatoms. The van der Waals surface area contributed by atoms with Gasteiger partial charge in [-0.2, -0.15) is 0 Å². The number of nitrogens with zero attached hydrogens (tertiary/aromatic N) is 1. The summed E-state index contributed by atoms with van der Waals surface area (Å²) in [6.45, 7) is 2.89.